The summed E-state index contributed by atoms with van der Waals surface area (Å²) in [4.78, 5) is 15.6. The molecule has 0 aromatic carbocycles. The number of aliphatic imine (C=N–C) groups is 1. The van der Waals surface area contributed by atoms with Crippen LogP contribution >= 0.6 is 24.0 Å². The van der Waals surface area contributed by atoms with Crippen LogP contribution in [0.15, 0.2) is 15.5 Å². The van der Waals surface area contributed by atoms with Crippen LogP contribution in [-0.4, -0.2) is 38.3 Å². The zero-order chi connectivity index (χ0) is 17.5. The Morgan fingerprint density at radius 1 is 1.38 bits per heavy atom. The highest BCUT2D eigenvalue weighted by Gasteiger charge is 2.26. The molecule has 6 nitrogen and oxygen atoms in total. The minimum atomic E-state index is -4.22. The fraction of sp³-hybridized carbons (Fsp3) is 0.571. The lowest BCUT2D eigenvalue weighted by atomic mass is 10.2. The van der Waals surface area contributed by atoms with Crippen LogP contribution in [-0.2, 0) is 11.3 Å². The third-order valence-electron chi connectivity index (χ3n) is 2.81. The monoisotopic (exact) mass is 463 g/mol. The average Bonchev–Trinajstić information content (AvgIpc) is 2.83. The molecule has 0 atom stereocenters. The van der Waals surface area contributed by atoms with Crippen LogP contribution in [0, 0.1) is 6.92 Å². The van der Waals surface area contributed by atoms with E-state index in [1.54, 1.807) is 13.8 Å². The number of alkyl halides is 3. The number of hydrogen-bond acceptors (Lipinski definition) is 4. The van der Waals surface area contributed by atoms with Crippen molar-refractivity contribution in [1.82, 2.24) is 10.6 Å². The molecule has 0 unspecified atom stereocenters. The SMILES string of the molecule is CCNC(=NCc1cc(C(=O)OC)c(C)o1)NCCC(F)(F)F.I. The Hall–Kier alpha value is -1.46. The van der Waals surface area contributed by atoms with Gasteiger partial charge in [0.15, 0.2) is 5.96 Å². The van der Waals surface area contributed by atoms with E-state index >= 15 is 0 Å². The van der Waals surface area contributed by atoms with Crippen LogP contribution in [0.4, 0.5) is 13.2 Å². The van der Waals surface area contributed by atoms with Crippen molar-refractivity contribution in [2.75, 3.05) is 20.2 Å². The fourth-order valence-electron chi connectivity index (χ4n) is 1.76. The molecule has 0 spiro atoms. The van der Waals surface area contributed by atoms with Crippen molar-refractivity contribution in [2.45, 2.75) is 33.0 Å². The Morgan fingerprint density at radius 3 is 2.58 bits per heavy atom. The maximum atomic E-state index is 12.1. The number of carbonyl (C=O) groups excluding carboxylic acids is 1. The highest BCUT2D eigenvalue weighted by molar-refractivity contribution is 14.0. The molecule has 10 heteroatoms. The van der Waals surface area contributed by atoms with E-state index in [2.05, 4.69) is 20.4 Å². The lowest BCUT2D eigenvalue weighted by Crippen LogP contribution is -2.38. The number of furan rings is 1. The van der Waals surface area contributed by atoms with Crippen molar-refractivity contribution in [3.05, 3.63) is 23.2 Å². The molecule has 24 heavy (non-hydrogen) atoms. The highest BCUT2D eigenvalue weighted by Crippen LogP contribution is 2.18. The summed E-state index contributed by atoms with van der Waals surface area (Å²) in [6.45, 7) is 3.72. The molecule has 138 valence electrons. The lowest BCUT2D eigenvalue weighted by Gasteiger charge is -2.12. The number of guanidine groups is 1. The van der Waals surface area contributed by atoms with Gasteiger partial charge in [-0.1, -0.05) is 0 Å². The van der Waals surface area contributed by atoms with Crippen molar-refractivity contribution in [3.63, 3.8) is 0 Å². The third-order valence-corrected chi connectivity index (χ3v) is 2.81. The number of ether oxygens (including phenoxy) is 1. The quantitative estimate of drug-likeness (QED) is 0.294. The van der Waals surface area contributed by atoms with Gasteiger partial charge in [-0.05, 0) is 19.9 Å². The van der Waals surface area contributed by atoms with Crippen molar-refractivity contribution >= 4 is 35.9 Å². The molecule has 0 fully saturated rings. The molecule has 0 radical (unpaired) electrons. The van der Waals surface area contributed by atoms with Gasteiger partial charge < -0.3 is 19.8 Å². The largest absolute Gasteiger partial charge is 0.465 e. The Kier molecular flexibility index (Phi) is 9.78. The Balaban J connectivity index is 0.00000529. The van der Waals surface area contributed by atoms with Gasteiger partial charge in [-0.15, -0.1) is 24.0 Å². The van der Waals surface area contributed by atoms with Gasteiger partial charge in [0.1, 0.15) is 23.6 Å². The van der Waals surface area contributed by atoms with E-state index in [-0.39, 0.29) is 43.0 Å². The molecule has 0 amide bonds. The first kappa shape index (κ1) is 22.5. The maximum Gasteiger partial charge on any atom is 0.390 e. The minimum absolute atomic E-state index is 0. The number of hydrogen-bond donors (Lipinski definition) is 2. The van der Waals surface area contributed by atoms with Crippen LogP contribution in [0.2, 0.25) is 0 Å². The summed E-state index contributed by atoms with van der Waals surface area (Å²) < 4.78 is 46.4. The summed E-state index contributed by atoms with van der Waals surface area (Å²) in [6, 6.07) is 1.50. The number of rotatable bonds is 6. The summed E-state index contributed by atoms with van der Waals surface area (Å²) in [5.74, 6) is 0.537. The van der Waals surface area contributed by atoms with E-state index in [0.717, 1.165) is 0 Å². The van der Waals surface area contributed by atoms with E-state index in [4.69, 9.17) is 4.42 Å². The number of esters is 1. The van der Waals surface area contributed by atoms with Gasteiger partial charge in [0.05, 0.1) is 13.5 Å². The molecule has 0 bridgehead atoms. The van der Waals surface area contributed by atoms with E-state index in [0.29, 0.717) is 23.6 Å². The minimum Gasteiger partial charge on any atom is -0.465 e. The van der Waals surface area contributed by atoms with Crippen LogP contribution in [0.1, 0.15) is 35.2 Å². The second-order valence-electron chi connectivity index (χ2n) is 4.66. The van der Waals surface area contributed by atoms with E-state index < -0.39 is 18.6 Å². The van der Waals surface area contributed by atoms with Crippen molar-refractivity contribution < 1.29 is 27.1 Å². The number of methoxy groups -OCH3 is 1. The summed E-state index contributed by atoms with van der Waals surface area (Å²) >= 11 is 0. The third kappa shape index (κ3) is 7.88. The van der Waals surface area contributed by atoms with Crippen molar-refractivity contribution in [2.24, 2.45) is 4.99 Å². The second-order valence-corrected chi connectivity index (χ2v) is 4.66. The molecule has 0 aliphatic carbocycles. The molecule has 1 rings (SSSR count). The standard InChI is InChI=1S/C14H20F3N3O3.HI/c1-4-18-13(19-6-5-14(15,16)17)20-8-10-7-11(9(2)23-10)12(21)22-3;/h7H,4-6,8H2,1-3H3,(H2,18,19,20);1H. The van der Waals surface area contributed by atoms with Crippen LogP contribution in [0.5, 0.6) is 0 Å². The number of nitrogens with zero attached hydrogens (tertiary/aromatic N) is 1. The van der Waals surface area contributed by atoms with Crippen LogP contribution in [0.3, 0.4) is 0 Å². The van der Waals surface area contributed by atoms with Gasteiger partial charge in [-0.2, -0.15) is 13.2 Å². The first-order valence-corrected chi connectivity index (χ1v) is 7.03. The van der Waals surface area contributed by atoms with E-state index in [1.165, 1.54) is 13.2 Å². The number of nitrogens with one attached hydrogen (secondary N) is 2. The zero-order valence-electron chi connectivity index (χ0n) is 13.6. The van der Waals surface area contributed by atoms with Crippen molar-refractivity contribution in [3.8, 4) is 0 Å². The first-order valence-electron chi connectivity index (χ1n) is 7.03. The molecular formula is C14H21F3IN3O3. The maximum absolute atomic E-state index is 12.1. The second kappa shape index (κ2) is 10.4. The Bertz CT molecular complexity index is 559. The topological polar surface area (TPSA) is 75.9 Å². The number of aryl methyl sites for hydroxylation is 1. The molecule has 1 heterocycles. The highest BCUT2D eigenvalue weighted by atomic mass is 127. The summed E-state index contributed by atoms with van der Waals surface area (Å²) in [6.07, 6.45) is -5.18. The first-order chi connectivity index (χ1) is 10.8. The van der Waals surface area contributed by atoms with Gasteiger partial charge in [0.2, 0.25) is 0 Å². The van der Waals surface area contributed by atoms with Gasteiger partial charge in [0.25, 0.3) is 0 Å². The molecule has 0 aliphatic heterocycles. The average molecular weight is 463 g/mol. The normalized spacial score (nSPS) is 11.7. The van der Waals surface area contributed by atoms with Crippen LogP contribution in [0.25, 0.3) is 0 Å². The summed E-state index contributed by atoms with van der Waals surface area (Å²) in [7, 11) is 1.26. The Labute approximate surface area is 155 Å². The number of halogens is 4. The fourth-order valence-corrected chi connectivity index (χ4v) is 1.76. The van der Waals surface area contributed by atoms with Crippen LogP contribution < -0.4 is 10.6 Å². The Morgan fingerprint density at radius 2 is 2.04 bits per heavy atom. The van der Waals surface area contributed by atoms with E-state index in [9.17, 15) is 18.0 Å². The predicted octanol–water partition coefficient (Wildman–Crippen LogP) is 3.00. The van der Waals surface area contributed by atoms with Gasteiger partial charge in [0, 0.05) is 13.1 Å². The zero-order valence-corrected chi connectivity index (χ0v) is 16.0. The van der Waals surface area contributed by atoms with E-state index in [1.807, 2.05) is 0 Å². The molecule has 1 aromatic heterocycles. The predicted molar refractivity (Wildman–Crippen MR) is 93.7 cm³/mol. The lowest BCUT2D eigenvalue weighted by molar-refractivity contribution is -0.132. The molecule has 0 saturated heterocycles. The molecule has 1 aromatic rings. The summed E-state index contributed by atoms with van der Waals surface area (Å²) in [5.41, 5.74) is 0.299. The summed E-state index contributed by atoms with van der Waals surface area (Å²) in [5, 5.41) is 5.42. The number of carbonyl (C=O) groups is 1. The van der Waals surface area contributed by atoms with Crippen molar-refractivity contribution in [1.29, 1.82) is 0 Å². The molecule has 2 N–H and O–H groups in total. The van der Waals surface area contributed by atoms with Gasteiger partial charge in [-0.3, -0.25) is 0 Å². The molecule has 0 saturated carbocycles. The molecular weight excluding hydrogens is 442 g/mol. The van der Waals surface area contributed by atoms with Gasteiger partial charge in [-0.25, -0.2) is 9.79 Å². The smallest absolute Gasteiger partial charge is 0.390 e. The molecule has 0 aliphatic rings. The van der Waals surface area contributed by atoms with Gasteiger partial charge >= 0.3 is 12.1 Å².